The summed E-state index contributed by atoms with van der Waals surface area (Å²) in [4.78, 5) is 9.79. The SMILES string of the molecule is c1ccc(-n2c3ccc(-c4ccc5c(c4)c4ccccc4n5-c4nccc5c4-c4ccnc6cccc-5c46)cc3c3c4ccccc4ccc32)cc1. The normalized spacial score (nSPS) is 12.2. The average Bonchev–Trinajstić information content (AvgIpc) is 3.85. The summed E-state index contributed by atoms with van der Waals surface area (Å²) in [6.45, 7) is 0. The monoisotopic (exact) mass is 660 g/mol. The molecule has 0 unspecified atom stereocenters. The van der Waals surface area contributed by atoms with E-state index in [2.05, 4.69) is 167 Å². The molecule has 0 fully saturated rings. The van der Waals surface area contributed by atoms with Gasteiger partial charge in [-0.3, -0.25) is 9.55 Å². The number of rotatable bonds is 3. The second-order valence-corrected chi connectivity index (χ2v) is 13.8. The van der Waals surface area contributed by atoms with Crippen LogP contribution >= 0.6 is 0 Å². The van der Waals surface area contributed by atoms with E-state index >= 15 is 0 Å². The third kappa shape index (κ3) is 3.65. The second-order valence-electron chi connectivity index (χ2n) is 13.8. The van der Waals surface area contributed by atoms with E-state index in [9.17, 15) is 0 Å². The van der Waals surface area contributed by atoms with Crippen LogP contribution in [0.15, 0.2) is 170 Å². The highest BCUT2D eigenvalue weighted by Gasteiger charge is 2.27. The summed E-state index contributed by atoms with van der Waals surface area (Å²) in [6.07, 6.45) is 3.87. The molecule has 7 aromatic carbocycles. The van der Waals surface area contributed by atoms with Gasteiger partial charge in [-0.05, 0) is 105 Å². The molecule has 11 aromatic rings. The van der Waals surface area contributed by atoms with Crippen molar-refractivity contribution >= 4 is 65.3 Å². The zero-order valence-corrected chi connectivity index (χ0v) is 28.0. The highest BCUT2D eigenvalue weighted by molar-refractivity contribution is 6.22. The van der Waals surface area contributed by atoms with Crippen LogP contribution in [-0.4, -0.2) is 19.1 Å². The first-order valence-electron chi connectivity index (χ1n) is 17.7. The molecule has 0 radical (unpaired) electrons. The van der Waals surface area contributed by atoms with Crippen molar-refractivity contribution in [1.29, 1.82) is 0 Å². The quantitative estimate of drug-likeness (QED) is 0.189. The molecular formula is C48H28N4. The lowest BCUT2D eigenvalue weighted by molar-refractivity contribution is 1.09. The first-order valence-corrected chi connectivity index (χ1v) is 17.7. The van der Waals surface area contributed by atoms with Crippen LogP contribution in [0.1, 0.15) is 0 Å². The van der Waals surface area contributed by atoms with E-state index in [1.54, 1.807) is 0 Å². The molecule has 1 aliphatic carbocycles. The van der Waals surface area contributed by atoms with Gasteiger partial charge in [0.05, 0.1) is 27.6 Å². The molecule has 1 aliphatic rings. The fourth-order valence-corrected chi connectivity index (χ4v) is 8.96. The van der Waals surface area contributed by atoms with Crippen LogP contribution in [0.3, 0.4) is 0 Å². The molecule has 0 saturated heterocycles. The minimum Gasteiger partial charge on any atom is -0.309 e. The number of hydrogen-bond donors (Lipinski definition) is 0. The summed E-state index contributed by atoms with van der Waals surface area (Å²) >= 11 is 0. The number of hydrogen-bond acceptors (Lipinski definition) is 2. The lowest BCUT2D eigenvalue weighted by Gasteiger charge is -2.13. The molecule has 4 heterocycles. The van der Waals surface area contributed by atoms with Gasteiger partial charge >= 0.3 is 0 Å². The van der Waals surface area contributed by atoms with Crippen LogP contribution in [-0.2, 0) is 0 Å². The standard InChI is InChI=1S/C48H28N4/c1-2-10-32(11-3-1)51-43-21-19-31(28-39(43)46-33-12-5-4-9-29(33)17-22-44(46)51)30-18-20-42-38(27-30)34-13-6-7-16-41(34)52(42)48-47-36(23-26-50-48)35-14-8-15-40-45(35)37(47)24-25-49-40/h1-28H. The molecule has 12 rings (SSSR count). The third-order valence-corrected chi connectivity index (χ3v) is 11.1. The van der Waals surface area contributed by atoms with Crippen molar-refractivity contribution in [3.8, 4) is 44.9 Å². The van der Waals surface area contributed by atoms with Crippen LogP contribution in [0.2, 0.25) is 0 Å². The highest BCUT2D eigenvalue weighted by Crippen LogP contribution is 2.49. The van der Waals surface area contributed by atoms with Crippen LogP contribution in [0.25, 0.3) is 110 Å². The highest BCUT2D eigenvalue weighted by atomic mass is 15.1. The molecule has 0 saturated carbocycles. The molecule has 4 heteroatoms. The lowest BCUT2D eigenvalue weighted by atomic mass is 9.99. The maximum atomic E-state index is 5.10. The average molecular weight is 661 g/mol. The van der Waals surface area contributed by atoms with E-state index in [-0.39, 0.29) is 0 Å². The molecule has 52 heavy (non-hydrogen) atoms. The Morgan fingerprint density at radius 1 is 0.385 bits per heavy atom. The topological polar surface area (TPSA) is 35.6 Å². The van der Waals surface area contributed by atoms with Gasteiger partial charge in [0, 0.05) is 50.6 Å². The Labute approximate surface area is 298 Å². The van der Waals surface area contributed by atoms with Crippen molar-refractivity contribution in [3.05, 3.63) is 170 Å². The Morgan fingerprint density at radius 3 is 1.96 bits per heavy atom. The minimum atomic E-state index is 0.946. The van der Waals surface area contributed by atoms with Crippen LogP contribution in [0, 0.1) is 0 Å². The molecule has 0 atom stereocenters. The Kier molecular flexibility index (Phi) is 5.47. The Balaban J connectivity index is 1.10. The molecule has 0 aliphatic heterocycles. The predicted molar refractivity (Wildman–Crippen MR) is 216 cm³/mol. The fraction of sp³-hybridized carbons (Fsp3) is 0. The largest absolute Gasteiger partial charge is 0.309 e. The first-order chi connectivity index (χ1) is 25.8. The number of benzene rings is 7. The van der Waals surface area contributed by atoms with Crippen LogP contribution in [0.5, 0.6) is 0 Å². The van der Waals surface area contributed by atoms with E-state index in [4.69, 9.17) is 9.97 Å². The van der Waals surface area contributed by atoms with Crippen molar-refractivity contribution in [1.82, 2.24) is 19.1 Å². The minimum absolute atomic E-state index is 0.946. The molecule has 0 amide bonds. The second kappa shape index (κ2) is 10.3. The third-order valence-electron chi connectivity index (χ3n) is 11.1. The smallest absolute Gasteiger partial charge is 0.146 e. The summed E-state index contributed by atoms with van der Waals surface area (Å²) in [5.41, 5.74) is 14.0. The van der Waals surface area contributed by atoms with Gasteiger partial charge in [0.2, 0.25) is 0 Å². The Hall–Kier alpha value is -7.04. The number of pyridine rings is 2. The summed E-state index contributed by atoms with van der Waals surface area (Å²) in [5.74, 6) is 0.946. The summed E-state index contributed by atoms with van der Waals surface area (Å²) in [5, 5.41) is 8.68. The van der Waals surface area contributed by atoms with Gasteiger partial charge in [-0.1, -0.05) is 91.0 Å². The van der Waals surface area contributed by atoms with Gasteiger partial charge in [0.1, 0.15) is 5.82 Å². The summed E-state index contributed by atoms with van der Waals surface area (Å²) in [7, 11) is 0. The van der Waals surface area contributed by atoms with Gasteiger partial charge in [-0.25, -0.2) is 4.98 Å². The van der Waals surface area contributed by atoms with E-state index in [1.165, 1.54) is 76.6 Å². The number of nitrogens with zero attached hydrogens (tertiary/aromatic N) is 4. The maximum absolute atomic E-state index is 5.10. The van der Waals surface area contributed by atoms with Gasteiger partial charge < -0.3 is 4.57 Å². The zero-order chi connectivity index (χ0) is 33.9. The number of fused-ring (bicyclic) bond motifs is 11. The van der Waals surface area contributed by atoms with Crippen molar-refractivity contribution in [2.75, 3.05) is 0 Å². The number of para-hydroxylation sites is 2. The Morgan fingerprint density at radius 2 is 1.08 bits per heavy atom. The predicted octanol–water partition coefficient (Wildman–Crippen LogP) is 12.3. The van der Waals surface area contributed by atoms with E-state index < -0.39 is 0 Å². The summed E-state index contributed by atoms with van der Waals surface area (Å²) < 4.78 is 4.76. The molecule has 0 spiro atoms. The van der Waals surface area contributed by atoms with E-state index in [0.29, 0.717) is 0 Å². The van der Waals surface area contributed by atoms with Crippen molar-refractivity contribution in [3.63, 3.8) is 0 Å². The van der Waals surface area contributed by atoms with Crippen molar-refractivity contribution < 1.29 is 0 Å². The van der Waals surface area contributed by atoms with E-state index in [0.717, 1.165) is 33.6 Å². The van der Waals surface area contributed by atoms with Gasteiger partial charge in [0.25, 0.3) is 0 Å². The maximum Gasteiger partial charge on any atom is 0.146 e. The van der Waals surface area contributed by atoms with Gasteiger partial charge in [0.15, 0.2) is 0 Å². The molecule has 240 valence electrons. The summed E-state index contributed by atoms with van der Waals surface area (Å²) in [6, 6.07) is 57.2. The molecule has 4 aromatic heterocycles. The zero-order valence-electron chi connectivity index (χ0n) is 28.0. The van der Waals surface area contributed by atoms with E-state index in [1.807, 2.05) is 12.4 Å². The van der Waals surface area contributed by atoms with Crippen molar-refractivity contribution in [2.45, 2.75) is 0 Å². The Bertz CT molecular complexity index is 3290. The molecule has 0 N–H and O–H groups in total. The lowest BCUT2D eigenvalue weighted by Crippen LogP contribution is -2.00. The van der Waals surface area contributed by atoms with Crippen molar-refractivity contribution in [2.24, 2.45) is 0 Å². The molecule has 4 nitrogen and oxygen atoms in total. The first kappa shape index (κ1) is 27.7. The van der Waals surface area contributed by atoms with Crippen LogP contribution < -0.4 is 0 Å². The van der Waals surface area contributed by atoms with Crippen LogP contribution in [0.4, 0.5) is 0 Å². The molecular weight excluding hydrogens is 633 g/mol. The van der Waals surface area contributed by atoms with Gasteiger partial charge in [-0.15, -0.1) is 0 Å². The fourth-order valence-electron chi connectivity index (χ4n) is 8.96. The number of aromatic nitrogens is 4. The molecule has 0 bridgehead atoms. The van der Waals surface area contributed by atoms with Gasteiger partial charge in [-0.2, -0.15) is 0 Å².